The highest BCUT2D eigenvalue weighted by Crippen LogP contribution is 2.35. The number of likely N-dealkylation sites (tertiary alicyclic amines) is 1. The Morgan fingerprint density at radius 1 is 1.32 bits per heavy atom. The number of aliphatic carboxylic acids is 1. The highest BCUT2D eigenvalue weighted by Gasteiger charge is 2.42. The molecule has 2 heterocycles. The van der Waals surface area contributed by atoms with Gasteiger partial charge in [0, 0.05) is 13.6 Å². The van der Waals surface area contributed by atoms with Crippen molar-refractivity contribution < 1.29 is 19.4 Å². The second-order valence-corrected chi connectivity index (χ2v) is 6.07. The Balaban J connectivity index is 1.80. The molecule has 0 radical (unpaired) electrons. The molecule has 8 heteroatoms. The third-order valence-electron chi connectivity index (χ3n) is 4.40. The molecule has 2 atom stereocenters. The van der Waals surface area contributed by atoms with Crippen molar-refractivity contribution in [3.63, 3.8) is 0 Å². The molecule has 1 aliphatic heterocycles. The summed E-state index contributed by atoms with van der Waals surface area (Å²) >= 11 is 0. The molecule has 1 saturated heterocycles. The van der Waals surface area contributed by atoms with Crippen LogP contribution in [0.2, 0.25) is 0 Å². The molecule has 1 aromatic heterocycles. The van der Waals surface area contributed by atoms with E-state index in [1.54, 1.807) is 11.6 Å². The van der Waals surface area contributed by atoms with Crippen LogP contribution >= 0.6 is 0 Å². The van der Waals surface area contributed by atoms with Crippen LogP contribution in [0.3, 0.4) is 0 Å². The van der Waals surface area contributed by atoms with Crippen LogP contribution in [0.4, 0.5) is 4.79 Å². The molecular weight excluding hydrogens is 324 g/mol. The first-order valence-electron chi connectivity index (χ1n) is 8.12. The molecule has 1 fully saturated rings. The van der Waals surface area contributed by atoms with E-state index in [2.05, 4.69) is 10.2 Å². The Morgan fingerprint density at radius 2 is 2.08 bits per heavy atom. The van der Waals surface area contributed by atoms with Crippen LogP contribution in [-0.4, -0.2) is 43.4 Å². The number of rotatable bonds is 4. The lowest BCUT2D eigenvalue weighted by atomic mass is 9.88. The average molecular weight is 344 g/mol. The van der Waals surface area contributed by atoms with E-state index in [1.807, 2.05) is 30.3 Å². The monoisotopic (exact) mass is 344 g/mol. The van der Waals surface area contributed by atoms with Crippen molar-refractivity contribution in [1.29, 1.82) is 0 Å². The number of carboxylic acids is 1. The number of hydrogen-bond donors (Lipinski definition) is 1. The molecule has 0 saturated carbocycles. The van der Waals surface area contributed by atoms with Crippen molar-refractivity contribution in [2.24, 2.45) is 13.0 Å². The number of hydrogen-bond acceptors (Lipinski definition) is 5. The zero-order chi connectivity index (χ0) is 17.8. The number of nitrogens with zero attached hydrogens (tertiary/aromatic N) is 4. The number of benzene rings is 1. The van der Waals surface area contributed by atoms with Gasteiger partial charge in [-0.1, -0.05) is 30.3 Å². The van der Waals surface area contributed by atoms with Gasteiger partial charge >= 0.3 is 12.1 Å². The second kappa shape index (κ2) is 7.33. The maximum absolute atomic E-state index is 12.6. The molecule has 1 N–H and O–H groups in total. The lowest BCUT2D eigenvalue weighted by Crippen LogP contribution is -2.46. The van der Waals surface area contributed by atoms with E-state index in [0.717, 1.165) is 5.56 Å². The van der Waals surface area contributed by atoms with Crippen molar-refractivity contribution in [3.05, 3.63) is 48.0 Å². The quantitative estimate of drug-likeness (QED) is 0.911. The van der Waals surface area contributed by atoms with Crippen molar-refractivity contribution in [2.45, 2.75) is 25.5 Å². The first kappa shape index (κ1) is 16.9. The molecule has 1 aromatic carbocycles. The Hall–Kier alpha value is -2.90. The number of aryl methyl sites for hydroxylation is 1. The Labute approximate surface area is 145 Å². The number of piperidine rings is 1. The largest absolute Gasteiger partial charge is 0.481 e. The van der Waals surface area contributed by atoms with Gasteiger partial charge in [-0.3, -0.25) is 9.69 Å². The molecular formula is C17H20N4O4. The molecule has 132 valence electrons. The van der Waals surface area contributed by atoms with Gasteiger partial charge in [0.15, 0.2) is 5.82 Å². The van der Waals surface area contributed by atoms with Gasteiger partial charge in [0.1, 0.15) is 19.0 Å². The number of carboxylic acid groups (broad SMARTS) is 1. The summed E-state index contributed by atoms with van der Waals surface area (Å²) in [5.74, 6) is -1.24. The SMILES string of the molecule is Cn1cnnc1[C@@H]1[C@H](C(=O)O)CCCN1C(=O)OCc1ccccc1. The number of aromatic nitrogens is 3. The van der Waals surface area contributed by atoms with Gasteiger partial charge in [0.05, 0.1) is 5.92 Å². The standard InChI is InChI=1S/C17H20N4O4/c1-20-11-18-19-15(20)14-13(16(22)23)8-5-9-21(14)17(24)25-10-12-6-3-2-4-7-12/h2-4,6-7,11,13-14H,5,8-10H2,1H3,(H,22,23)/t13-,14+/m1/s1. The van der Waals surface area contributed by atoms with Crippen molar-refractivity contribution >= 4 is 12.1 Å². The number of carbonyl (C=O) groups excluding carboxylic acids is 1. The molecule has 1 aliphatic rings. The van der Waals surface area contributed by atoms with Crippen LogP contribution in [0.1, 0.15) is 30.3 Å². The minimum atomic E-state index is -0.950. The van der Waals surface area contributed by atoms with Crippen LogP contribution in [0, 0.1) is 5.92 Å². The van der Waals surface area contributed by atoms with E-state index < -0.39 is 24.0 Å². The lowest BCUT2D eigenvalue weighted by Gasteiger charge is -2.37. The summed E-state index contributed by atoms with van der Waals surface area (Å²) in [7, 11) is 1.73. The molecule has 25 heavy (non-hydrogen) atoms. The summed E-state index contributed by atoms with van der Waals surface area (Å²) in [6, 6.07) is 8.66. The highest BCUT2D eigenvalue weighted by atomic mass is 16.6. The summed E-state index contributed by atoms with van der Waals surface area (Å²) in [6.45, 7) is 0.564. The minimum Gasteiger partial charge on any atom is -0.481 e. The maximum Gasteiger partial charge on any atom is 0.410 e. The number of ether oxygens (including phenoxy) is 1. The van der Waals surface area contributed by atoms with Crippen molar-refractivity contribution in [3.8, 4) is 0 Å². The molecule has 0 bridgehead atoms. The van der Waals surface area contributed by atoms with Gasteiger partial charge in [-0.05, 0) is 18.4 Å². The van der Waals surface area contributed by atoms with Gasteiger partial charge < -0.3 is 14.4 Å². The summed E-state index contributed by atoms with van der Waals surface area (Å²) in [6.07, 6.45) is 2.04. The molecule has 0 aliphatic carbocycles. The van der Waals surface area contributed by atoms with E-state index in [-0.39, 0.29) is 6.61 Å². The molecule has 3 rings (SSSR count). The average Bonchev–Trinajstić information content (AvgIpc) is 3.05. The zero-order valence-electron chi connectivity index (χ0n) is 13.9. The van der Waals surface area contributed by atoms with E-state index in [0.29, 0.717) is 25.2 Å². The van der Waals surface area contributed by atoms with E-state index in [1.165, 1.54) is 11.2 Å². The second-order valence-electron chi connectivity index (χ2n) is 6.07. The van der Waals surface area contributed by atoms with E-state index in [9.17, 15) is 14.7 Å². The topological polar surface area (TPSA) is 97.5 Å². The normalized spacial score (nSPS) is 20.3. The van der Waals surface area contributed by atoms with E-state index >= 15 is 0 Å². The number of amides is 1. The summed E-state index contributed by atoms with van der Waals surface area (Å²) < 4.78 is 7.04. The summed E-state index contributed by atoms with van der Waals surface area (Å²) in [5, 5.41) is 17.4. The van der Waals surface area contributed by atoms with Gasteiger partial charge in [-0.25, -0.2) is 4.79 Å². The summed E-state index contributed by atoms with van der Waals surface area (Å²) in [5.41, 5.74) is 0.873. The molecule has 0 unspecified atom stereocenters. The fourth-order valence-corrected chi connectivity index (χ4v) is 3.14. The fourth-order valence-electron chi connectivity index (χ4n) is 3.14. The van der Waals surface area contributed by atoms with Crippen LogP contribution in [0.15, 0.2) is 36.7 Å². The van der Waals surface area contributed by atoms with Crippen molar-refractivity contribution in [1.82, 2.24) is 19.7 Å². The smallest absolute Gasteiger partial charge is 0.410 e. The molecule has 0 spiro atoms. The van der Waals surface area contributed by atoms with Gasteiger partial charge in [-0.15, -0.1) is 10.2 Å². The predicted molar refractivity (Wildman–Crippen MR) is 87.4 cm³/mol. The van der Waals surface area contributed by atoms with Gasteiger partial charge in [0.25, 0.3) is 0 Å². The van der Waals surface area contributed by atoms with Crippen LogP contribution in [0.5, 0.6) is 0 Å². The van der Waals surface area contributed by atoms with E-state index in [4.69, 9.17) is 4.74 Å². The third-order valence-corrected chi connectivity index (χ3v) is 4.40. The van der Waals surface area contributed by atoms with Crippen LogP contribution < -0.4 is 0 Å². The maximum atomic E-state index is 12.6. The van der Waals surface area contributed by atoms with Crippen LogP contribution in [0.25, 0.3) is 0 Å². The summed E-state index contributed by atoms with van der Waals surface area (Å²) in [4.78, 5) is 25.7. The predicted octanol–water partition coefficient (Wildman–Crippen LogP) is 1.99. The Bertz CT molecular complexity index is 746. The first-order chi connectivity index (χ1) is 12.1. The lowest BCUT2D eigenvalue weighted by molar-refractivity contribution is -0.146. The molecule has 1 amide bonds. The molecule has 2 aromatic rings. The Kier molecular flexibility index (Phi) is 4.97. The Morgan fingerprint density at radius 3 is 2.72 bits per heavy atom. The minimum absolute atomic E-state index is 0.138. The van der Waals surface area contributed by atoms with Crippen LogP contribution in [-0.2, 0) is 23.2 Å². The highest BCUT2D eigenvalue weighted by molar-refractivity contribution is 5.74. The van der Waals surface area contributed by atoms with Crippen molar-refractivity contribution in [2.75, 3.05) is 6.54 Å². The van der Waals surface area contributed by atoms with Gasteiger partial charge in [0.2, 0.25) is 0 Å². The first-order valence-corrected chi connectivity index (χ1v) is 8.12. The molecule has 8 nitrogen and oxygen atoms in total. The number of carbonyl (C=O) groups is 2. The fraction of sp³-hybridized carbons (Fsp3) is 0.412. The third kappa shape index (κ3) is 3.62. The van der Waals surface area contributed by atoms with Gasteiger partial charge in [-0.2, -0.15) is 0 Å². The zero-order valence-corrected chi connectivity index (χ0v) is 13.9.